The highest BCUT2D eigenvalue weighted by Crippen LogP contribution is 2.27. The maximum Gasteiger partial charge on any atom is 0.253 e. The summed E-state index contributed by atoms with van der Waals surface area (Å²) in [6.07, 6.45) is 6.68. The second-order valence-corrected chi connectivity index (χ2v) is 11.1. The molecule has 3 aromatic rings. The van der Waals surface area contributed by atoms with Crippen LogP contribution in [-0.2, 0) is 5.75 Å². The maximum atomic E-state index is 12.6. The number of rotatable bonds is 8. The van der Waals surface area contributed by atoms with Gasteiger partial charge in [-0.05, 0) is 49.9 Å². The number of aromatic nitrogens is 2. The quantitative estimate of drug-likeness (QED) is 0.287. The van der Waals surface area contributed by atoms with E-state index in [-0.39, 0.29) is 5.91 Å². The van der Waals surface area contributed by atoms with Crippen LogP contribution in [0.4, 0.5) is 5.82 Å². The molecule has 0 radical (unpaired) electrons. The molecular formula is C31H37N5OS. The van der Waals surface area contributed by atoms with Gasteiger partial charge in [-0.15, -0.1) is 0 Å². The molecule has 5 rings (SSSR count). The lowest BCUT2D eigenvalue weighted by Crippen LogP contribution is -2.47. The van der Waals surface area contributed by atoms with E-state index < -0.39 is 0 Å². The van der Waals surface area contributed by atoms with Crippen LogP contribution in [0.3, 0.4) is 0 Å². The highest BCUT2D eigenvalue weighted by Gasteiger charge is 2.21. The first-order chi connectivity index (χ1) is 18.6. The molecule has 1 amide bonds. The summed E-state index contributed by atoms with van der Waals surface area (Å²) >= 11 is 1.66. The summed E-state index contributed by atoms with van der Waals surface area (Å²) in [4.78, 5) is 29.2. The van der Waals surface area contributed by atoms with E-state index in [4.69, 9.17) is 9.97 Å². The zero-order chi connectivity index (χ0) is 26.3. The Hall–Kier alpha value is -3.16. The number of aryl methyl sites for hydroxylation is 1. The van der Waals surface area contributed by atoms with E-state index in [1.54, 1.807) is 11.8 Å². The lowest BCUT2D eigenvalue weighted by Gasteiger charge is -2.35. The molecule has 2 saturated heterocycles. The molecule has 2 aliphatic heterocycles. The van der Waals surface area contributed by atoms with E-state index in [0.717, 1.165) is 92.2 Å². The molecule has 0 atom stereocenters. The number of hydrogen-bond donors (Lipinski definition) is 0. The fourth-order valence-corrected chi connectivity index (χ4v) is 5.84. The summed E-state index contributed by atoms with van der Waals surface area (Å²) in [6, 6.07) is 18.5. The van der Waals surface area contributed by atoms with Gasteiger partial charge in [0, 0.05) is 68.4 Å². The Balaban J connectivity index is 1.16. The van der Waals surface area contributed by atoms with Crippen molar-refractivity contribution < 1.29 is 4.79 Å². The Morgan fingerprint density at radius 3 is 2.32 bits per heavy atom. The van der Waals surface area contributed by atoms with Crippen molar-refractivity contribution in [3.05, 3.63) is 88.6 Å². The molecule has 2 aromatic carbocycles. The van der Waals surface area contributed by atoms with Crippen LogP contribution in [0.25, 0.3) is 6.08 Å². The molecule has 7 heteroatoms. The van der Waals surface area contributed by atoms with E-state index >= 15 is 0 Å². The summed E-state index contributed by atoms with van der Waals surface area (Å²) in [5.74, 6) is 1.99. The summed E-state index contributed by atoms with van der Waals surface area (Å²) in [5.41, 5.74) is 5.40. The lowest BCUT2D eigenvalue weighted by atomic mass is 10.1. The number of likely N-dealkylation sites (tertiary alicyclic amines) is 1. The normalized spacial score (nSPS) is 16.5. The van der Waals surface area contributed by atoms with Crippen LogP contribution in [0.1, 0.15) is 45.6 Å². The first-order valence-corrected chi connectivity index (χ1v) is 14.6. The monoisotopic (exact) mass is 527 g/mol. The summed E-state index contributed by atoms with van der Waals surface area (Å²) < 4.78 is 0. The predicted molar refractivity (Wildman–Crippen MR) is 157 cm³/mol. The molecule has 6 nitrogen and oxygen atoms in total. The third-order valence-corrected chi connectivity index (χ3v) is 8.37. The highest BCUT2D eigenvalue weighted by atomic mass is 32.2. The Morgan fingerprint density at radius 1 is 0.895 bits per heavy atom. The molecule has 0 bridgehead atoms. The molecule has 1 aromatic heterocycles. The van der Waals surface area contributed by atoms with Crippen molar-refractivity contribution in [2.75, 3.05) is 50.7 Å². The number of thioether (sulfide) groups is 1. The van der Waals surface area contributed by atoms with Crippen LogP contribution in [0, 0.1) is 13.8 Å². The average Bonchev–Trinajstić information content (AvgIpc) is 3.50. The Labute approximate surface area is 230 Å². The molecule has 3 heterocycles. The number of hydrogen-bond acceptors (Lipinski definition) is 6. The average molecular weight is 528 g/mol. The van der Waals surface area contributed by atoms with Gasteiger partial charge in [-0.3, -0.25) is 9.69 Å². The standard InChI is InChI=1S/C31H37N5OS/c1-24-25(2)32-31(38-23-27-12-14-28(15-13-27)30(37)36-17-6-7-18-36)33-29(24)35-21-19-34(20-22-35)16-8-11-26-9-4-3-5-10-26/h3-5,8-15H,6-7,16-23H2,1-2H3. The fourth-order valence-electron chi connectivity index (χ4n) is 5.00. The molecule has 198 valence electrons. The molecule has 0 unspecified atom stereocenters. The summed E-state index contributed by atoms with van der Waals surface area (Å²) in [6.45, 7) is 10.9. The van der Waals surface area contributed by atoms with Crippen molar-refractivity contribution in [3.8, 4) is 0 Å². The SMILES string of the molecule is Cc1nc(SCc2ccc(C(=O)N3CCCC3)cc2)nc(N2CCN(CC=Cc3ccccc3)CC2)c1C. The molecular weight excluding hydrogens is 490 g/mol. The van der Waals surface area contributed by atoms with Crippen molar-refractivity contribution in [1.29, 1.82) is 0 Å². The van der Waals surface area contributed by atoms with Gasteiger partial charge in [-0.2, -0.15) is 0 Å². The number of amides is 1. The van der Waals surface area contributed by atoms with Crippen LogP contribution in [-0.4, -0.2) is 71.5 Å². The van der Waals surface area contributed by atoms with Gasteiger partial charge in [0.1, 0.15) is 5.82 Å². The summed E-state index contributed by atoms with van der Waals surface area (Å²) in [7, 11) is 0. The van der Waals surface area contributed by atoms with Crippen molar-refractivity contribution in [3.63, 3.8) is 0 Å². The van der Waals surface area contributed by atoms with Gasteiger partial charge in [0.2, 0.25) is 0 Å². The second kappa shape index (κ2) is 12.6. The first-order valence-electron chi connectivity index (χ1n) is 13.6. The van der Waals surface area contributed by atoms with Crippen LogP contribution >= 0.6 is 11.8 Å². The zero-order valence-electron chi connectivity index (χ0n) is 22.5. The number of anilines is 1. The van der Waals surface area contributed by atoms with Gasteiger partial charge in [-0.25, -0.2) is 9.97 Å². The van der Waals surface area contributed by atoms with E-state index in [2.05, 4.69) is 72.2 Å². The lowest BCUT2D eigenvalue weighted by molar-refractivity contribution is 0.0793. The van der Waals surface area contributed by atoms with Crippen LogP contribution in [0.15, 0.2) is 65.8 Å². The minimum Gasteiger partial charge on any atom is -0.354 e. The van der Waals surface area contributed by atoms with Crippen molar-refractivity contribution in [1.82, 2.24) is 19.8 Å². The summed E-state index contributed by atoms with van der Waals surface area (Å²) in [5, 5.41) is 0.813. The van der Waals surface area contributed by atoms with Gasteiger partial charge < -0.3 is 9.80 Å². The molecule has 0 N–H and O–H groups in total. The van der Waals surface area contributed by atoms with E-state index in [0.29, 0.717) is 0 Å². The Morgan fingerprint density at radius 2 is 1.61 bits per heavy atom. The number of carbonyl (C=O) groups excluding carboxylic acids is 1. The largest absolute Gasteiger partial charge is 0.354 e. The smallest absolute Gasteiger partial charge is 0.253 e. The maximum absolute atomic E-state index is 12.6. The molecule has 2 aliphatic rings. The van der Waals surface area contributed by atoms with Crippen LogP contribution in [0.2, 0.25) is 0 Å². The predicted octanol–water partition coefficient (Wildman–Crippen LogP) is 5.46. The van der Waals surface area contributed by atoms with Gasteiger partial charge >= 0.3 is 0 Å². The molecule has 2 fully saturated rings. The fraction of sp³-hybridized carbons (Fsp3) is 0.387. The van der Waals surface area contributed by atoms with E-state index in [1.807, 2.05) is 23.1 Å². The zero-order valence-corrected chi connectivity index (χ0v) is 23.3. The van der Waals surface area contributed by atoms with E-state index in [9.17, 15) is 4.79 Å². The molecule has 0 aliphatic carbocycles. The third-order valence-electron chi connectivity index (χ3n) is 7.45. The van der Waals surface area contributed by atoms with Gasteiger partial charge in [-0.1, -0.05) is 66.4 Å². The number of benzene rings is 2. The second-order valence-electron chi connectivity index (χ2n) is 10.1. The molecule has 0 saturated carbocycles. The first kappa shape index (κ1) is 26.4. The van der Waals surface area contributed by atoms with Crippen molar-refractivity contribution in [2.45, 2.75) is 37.6 Å². The van der Waals surface area contributed by atoms with Crippen LogP contribution in [0.5, 0.6) is 0 Å². The number of nitrogens with zero attached hydrogens (tertiary/aromatic N) is 5. The number of piperazine rings is 1. The molecule has 38 heavy (non-hydrogen) atoms. The van der Waals surface area contributed by atoms with Gasteiger partial charge in [0.05, 0.1) is 0 Å². The third kappa shape index (κ3) is 6.63. The minimum atomic E-state index is 0.149. The minimum absolute atomic E-state index is 0.149. The Bertz CT molecular complexity index is 1250. The Kier molecular flexibility index (Phi) is 8.76. The van der Waals surface area contributed by atoms with Crippen molar-refractivity contribution >= 4 is 29.6 Å². The number of carbonyl (C=O) groups is 1. The van der Waals surface area contributed by atoms with Crippen molar-refractivity contribution in [2.24, 2.45) is 0 Å². The highest BCUT2D eigenvalue weighted by molar-refractivity contribution is 7.98. The molecule has 0 spiro atoms. The van der Waals surface area contributed by atoms with Gasteiger partial charge in [0.15, 0.2) is 5.16 Å². The van der Waals surface area contributed by atoms with Gasteiger partial charge in [0.25, 0.3) is 5.91 Å². The topological polar surface area (TPSA) is 52.6 Å². The van der Waals surface area contributed by atoms with Crippen LogP contribution < -0.4 is 4.90 Å². The van der Waals surface area contributed by atoms with E-state index in [1.165, 1.54) is 11.1 Å².